The predicted octanol–water partition coefficient (Wildman–Crippen LogP) is 4.96. The Kier molecular flexibility index (Phi) is 7.83. The third-order valence-electron chi connectivity index (χ3n) is 6.61. The highest BCUT2D eigenvalue weighted by Crippen LogP contribution is 2.21. The number of halogens is 1. The largest absolute Gasteiger partial charge is 0.457 e. The number of ether oxygens (including phenoxy) is 1. The number of piperidine rings is 1. The molecule has 1 N–H and O–H groups in total. The topological polar surface area (TPSA) is 80.6 Å². The predicted molar refractivity (Wildman–Crippen MR) is 134 cm³/mol. The number of urea groups is 1. The molecule has 1 aliphatic rings. The van der Waals surface area contributed by atoms with E-state index >= 15 is 0 Å². The number of aromatic nitrogens is 1. The van der Waals surface area contributed by atoms with Crippen LogP contribution in [0, 0.1) is 25.6 Å². The first kappa shape index (κ1) is 25.2. The average molecular weight is 492 g/mol. The summed E-state index contributed by atoms with van der Waals surface area (Å²) >= 11 is 0. The van der Waals surface area contributed by atoms with Crippen molar-refractivity contribution in [2.75, 3.05) is 25.0 Å². The fourth-order valence-electron chi connectivity index (χ4n) is 4.47. The van der Waals surface area contributed by atoms with Gasteiger partial charge in [0.2, 0.25) is 5.78 Å². The van der Waals surface area contributed by atoms with Crippen LogP contribution in [-0.4, -0.2) is 46.9 Å². The number of aryl methyl sites for hydroxylation is 1. The minimum atomic E-state index is -0.411. The molecule has 2 aromatic carbocycles. The molecule has 0 unspecified atom stereocenters. The maximum atomic E-state index is 13.2. The van der Waals surface area contributed by atoms with Crippen molar-refractivity contribution >= 4 is 23.5 Å². The maximum absolute atomic E-state index is 13.2. The molecule has 0 radical (unpaired) electrons. The quantitative estimate of drug-likeness (QED) is 0.374. The first-order valence-corrected chi connectivity index (χ1v) is 12.0. The van der Waals surface area contributed by atoms with E-state index in [-0.39, 0.29) is 30.2 Å². The van der Waals surface area contributed by atoms with E-state index in [1.165, 1.54) is 12.1 Å². The molecule has 1 fully saturated rings. The lowest BCUT2D eigenvalue weighted by atomic mass is 9.97. The van der Waals surface area contributed by atoms with Gasteiger partial charge in [-0.05, 0) is 62.6 Å². The fraction of sp³-hybridized carbons (Fsp3) is 0.321. The third kappa shape index (κ3) is 6.00. The van der Waals surface area contributed by atoms with Crippen molar-refractivity contribution < 1.29 is 23.5 Å². The number of amides is 2. The lowest BCUT2D eigenvalue weighted by molar-refractivity contribution is -0.148. The summed E-state index contributed by atoms with van der Waals surface area (Å²) < 4.78 is 20.6. The number of hydrogen-bond acceptors (Lipinski definition) is 4. The number of anilines is 1. The molecule has 0 aliphatic carbocycles. The van der Waals surface area contributed by atoms with E-state index < -0.39 is 5.97 Å². The van der Waals surface area contributed by atoms with Crippen LogP contribution in [0.1, 0.15) is 40.2 Å². The van der Waals surface area contributed by atoms with Crippen molar-refractivity contribution in [2.45, 2.75) is 33.2 Å². The number of esters is 1. The molecule has 36 heavy (non-hydrogen) atoms. The smallest absolute Gasteiger partial charge is 0.321 e. The number of para-hydroxylation sites is 1. The zero-order valence-corrected chi connectivity index (χ0v) is 20.5. The van der Waals surface area contributed by atoms with E-state index in [0.29, 0.717) is 38.0 Å². The van der Waals surface area contributed by atoms with Gasteiger partial charge in [0.15, 0.2) is 6.61 Å². The van der Waals surface area contributed by atoms with Gasteiger partial charge in [0.25, 0.3) is 0 Å². The van der Waals surface area contributed by atoms with Crippen LogP contribution in [0.5, 0.6) is 0 Å². The number of carbonyl (C=O) groups is 3. The van der Waals surface area contributed by atoms with Crippen LogP contribution >= 0.6 is 0 Å². The van der Waals surface area contributed by atoms with Crippen LogP contribution in [0.4, 0.5) is 14.9 Å². The van der Waals surface area contributed by atoms with Gasteiger partial charge in [-0.25, -0.2) is 9.18 Å². The number of Topliss-reactive ketones (excluding diaryl/α,β-unsaturated/α-hetero) is 1. The van der Waals surface area contributed by atoms with Crippen LogP contribution in [0.3, 0.4) is 0 Å². The molecule has 3 aromatic rings. The van der Waals surface area contributed by atoms with Crippen molar-refractivity contribution in [1.29, 1.82) is 0 Å². The van der Waals surface area contributed by atoms with Gasteiger partial charge in [-0.1, -0.05) is 30.3 Å². The van der Waals surface area contributed by atoms with E-state index in [1.807, 2.05) is 48.7 Å². The zero-order valence-electron chi connectivity index (χ0n) is 20.5. The number of likely N-dealkylation sites (tertiary alicyclic amines) is 1. The molecule has 1 aromatic heterocycles. The molecule has 0 saturated carbocycles. The Morgan fingerprint density at radius 1 is 1.00 bits per heavy atom. The molecule has 1 aliphatic heterocycles. The number of carbonyl (C=O) groups excluding carboxylic acids is 3. The molecule has 2 heterocycles. The minimum absolute atomic E-state index is 0.195. The van der Waals surface area contributed by atoms with Crippen LogP contribution in [0.2, 0.25) is 0 Å². The molecule has 0 spiro atoms. The molecule has 8 heteroatoms. The summed E-state index contributed by atoms with van der Waals surface area (Å²) in [4.78, 5) is 39.5. The molecule has 2 amide bonds. The number of nitrogens with zero attached hydrogens (tertiary/aromatic N) is 2. The molecule has 1 saturated heterocycles. The Balaban J connectivity index is 1.27. The Hall–Kier alpha value is -3.94. The monoisotopic (exact) mass is 491 g/mol. The number of ketones is 1. The van der Waals surface area contributed by atoms with Gasteiger partial charge in [0, 0.05) is 42.3 Å². The van der Waals surface area contributed by atoms with Crippen LogP contribution in [-0.2, 0) is 16.1 Å². The third-order valence-corrected chi connectivity index (χ3v) is 6.61. The van der Waals surface area contributed by atoms with E-state index in [2.05, 4.69) is 5.32 Å². The Morgan fingerprint density at radius 3 is 2.33 bits per heavy atom. The lowest BCUT2D eigenvalue weighted by Crippen LogP contribution is -2.42. The Bertz CT molecular complexity index is 1230. The van der Waals surface area contributed by atoms with Gasteiger partial charge in [-0.15, -0.1) is 0 Å². The summed E-state index contributed by atoms with van der Waals surface area (Å²) in [5, 5.41) is 2.85. The van der Waals surface area contributed by atoms with Crippen LogP contribution in [0.25, 0.3) is 0 Å². The van der Waals surface area contributed by atoms with E-state index in [1.54, 1.807) is 23.1 Å². The molecule has 188 valence electrons. The second-order valence-corrected chi connectivity index (χ2v) is 9.09. The summed E-state index contributed by atoms with van der Waals surface area (Å²) in [6.45, 7) is 4.83. The van der Waals surface area contributed by atoms with Gasteiger partial charge in [-0.3, -0.25) is 9.59 Å². The summed E-state index contributed by atoms with van der Waals surface area (Å²) in [5.74, 6) is -1.31. The summed E-state index contributed by atoms with van der Waals surface area (Å²) in [7, 11) is 0. The Morgan fingerprint density at radius 2 is 1.67 bits per heavy atom. The second kappa shape index (κ2) is 11.2. The van der Waals surface area contributed by atoms with E-state index in [9.17, 15) is 18.8 Å². The molecule has 0 bridgehead atoms. The molecule has 0 atom stereocenters. The first-order valence-electron chi connectivity index (χ1n) is 12.0. The van der Waals surface area contributed by atoms with Crippen molar-refractivity contribution in [3.63, 3.8) is 0 Å². The van der Waals surface area contributed by atoms with Crippen LogP contribution < -0.4 is 5.32 Å². The second-order valence-electron chi connectivity index (χ2n) is 9.09. The average Bonchev–Trinajstić information content (AvgIpc) is 3.17. The Labute approximate surface area is 209 Å². The van der Waals surface area contributed by atoms with Crippen molar-refractivity contribution in [3.05, 3.63) is 89.0 Å². The summed E-state index contributed by atoms with van der Waals surface area (Å²) in [5.41, 5.74) is 3.82. The number of rotatable bonds is 7. The summed E-state index contributed by atoms with van der Waals surface area (Å²) in [6, 6.07) is 17.1. The molecular formula is C28H30FN3O4. The van der Waals surface area contributed by atoms with Crippen molar-refractivity contribution in [3.8, 4) is 0 Å². The first-order chi connectivity index (χ1) is 17.3. The van der Waals surface area contributed by atoms with E-state index in [4.69, 9.17) is 4.74 Å². The van der Waals surface area contributed by atoms with Crippen molar-refractivity contribution in [2.24, 2.45) is 5.92 Å². The van der Waals surface area contributed by atoms with Gasteiger partial charge in [0.1, 0.15) is 5.82 Å². The molecular weight excluding hydrogens is 461 g/mol. The maximum Gasteiger partial charge on any atom is 0.321 e. The van der Waals surface area contributed by atoms with Crippen LogP contribution in [0.15, 0.2) is 60.7 Å². The highest BCUT2D eigenvalue weighted by Gasteiger charge is 2.29. The van der Waals surface area contributed by atoms with Gasteiger partial charge in [0.05, 0.1) is 5.92 Å². The highest BCUT2D eigenvalue weighted by molar-refractivity contribution is 5.99. The minimum Gasteiger partial charge on any atom is -0.457 e. The number of hydrogen-bond donors (Lipinski definition) is 1. The number of nitrogens with one attached hydrogen (secondary N) is 1. The number of benzene rings is 2. The normalized spacial score (nSPS) is 13.9. The van der Waals surface area contributed by atoms with Crippen molar-refractivity contribution in [1.82, 2.24) is 9.47 Å². The van der Waals surface area contributed by atoms with E-state index in [0.717, 1.165) is 22.6 Å². The fourth-order valence-corrected chi connectivity index (χ4v) is 4.47. The lowest BCUT2D eigenvalue weighted by Gasteiger charge is -2.30. The van der Waals surface area contributed by atoms with Gasteiger partial charge >= 0.3 is 12.0 Å². The zero-order chi connectivity index (χ0) is 25.7. The standard InChI is InChI=1S/C28H30FN3O4/c1-19-16-25(20(2)32(19)17-21-8-10-23(29)11-9-21)26(33)18-36-27(34)22-12-14-31(15-13-22)28(35)30-24-6-4-3-5-7-24/h3-11,16,22H,12-15,17-18H2,1-2H3,(H,30,35). The van der Waals surface area contributed by atoms with Gasteiger partial charge in [-0.2, -0.15) is 0 Å². The summed E-state index contributed by atoms with van der Waals surface area (Å²) in [6.07, 6.45) is 0.975. The van der Waals surface area contributed by atoms with Gasteiger partial charge < -0.3 is 19.5 Å². The highest BCUT2D eigenvalue weighted by atomic mass is 19.1. The molecule has 4 rings (SSSR count). The SMILES string of the molecule is Cc1cc(C(=O)COC(=O)C2CCN(C(=O)Nc3ccccc3)CC2)c(C)n1Cc1ccc(F)cc1. The molecule has 7 nitrogen and oxygen atoms in total.